The van der Waals surface area contributed by atoms with Crippen molar-refractivity contribution in [2.45, 2.75) is 13.3 Å². The van der Waals surface area contributed by atoms with Crippen molar-refractivity contribution in [2.75, 3.05) is 22.6 Å². The first-order valence-electron chi connectivity index (χ1n) is 9.28. The van der Waals surface area contributed by atoms with Crippen LogP contribution in [0.2, 0.25) is 0 Å². The van der Waals surface area contributed by atoms with Gasteiger partial charge in [-0.15, -0.1) is 0 Å². The molecular formula is C21H19N7O. The van der Waals surface area contributed by atoms with E-state index in [2.05, 4.69) is 30.6 Å². The van der Waals surface area contributed by atoms with Crippen LogP contribution in [0.4, 0.5) is 28.8 Å². The second-order valence-corrected chi connectivity index (χ2v) is 7.04. The molecule has 2 aromatic heterocycles. The number of hydrogen-bond donors (Lipinski definition) is 3. The predicted molar refractivity (Wildman–Crippen MR) is 113 cm³/mol. The molecule has 0 bridgehead atoms. The third-order valence-electron chi connectivity index (χ3n) is 5.01. The number of nitrogens with zero attached hydrogens (tertiary/aromatic N) is 4. The van der Waals surface area contributed by atoms with Crippen molar-refractivity contribution >= 4 is 45.8 Å². The zero-order valence-corrected chi connectivity index (χ0v) is 16.0. The molecule has 0 unspecified atom stereocenters. The molecule has 0 saturated carbocycles. The highest BCUT2D eigenvalue weighted by molar-refractivity contribution is 6.01. The molecular weight excluding hydrogens is 366 g/mol. The number of fused-ring (bicyclic) bond motifs is 2. The van der Waals surface area contributed by atoms with Gasteiger partial charge < -0.3 is 20.5 Å². The van der Waals surface area contributed by atoms with Crippen LogP contribution in [0.1, 0.15) is 11.3 Å². The molecule has 1 amide bonds. The average Bonchev–Trinajstić information content (AvgIpc) is 3.32. The topological polar surface area (TPSA) is 98.8 Å². The number of carbonyl (C=O) groups excluding carboxylic acids is 1. The van der Waals surface area contributed by atoms with E-state index in [1.807, 2.05) is 61.3 Å². The first kappa shape index (κ1) is 17.2. The van der Waals surface area contributed by atoms with E-state index in [1.54, 1.807) is 6.33 Å². The maximum atomic E-state index is 11.7. The molecule has 3 N–H and O–H groups in total. The standard InChI is InChI=1S/C21H19N7O/c1-12-8-19(28(2)13-6-7-17-18(9-13)23-11-22-17)27-21(24-12)26-16-5-3-4-15-14(16)10-20(29)25-15/h3-9,11H,10H2,1-2H3,(H,22,23)(H,25,29)(H,24,26,27). The van der Waals surface area contributed by atoms with Crippen molar-refractivity contribution < 1.29 is 4.79 Å². The van der Waals surface area contributed by atoms with Crippen molar-refractivity contribution in [3.8, 4) is 0 Å². The van der Waals surface area contributed by atoms with Gasteiger partial charge in [0.1, 0.15) is 5.82 Å². The minimum atomic E-state index is -0.00593. The number of H-pyrrole nitrogens is 1. The van der Waals surface area contributed by atoms with Crippen LogP contribution in [0.5, 0.6) is 0 Å². The minimum absolute atomic E-state index is 0.00593. The highest BCUT2D eigenvalue weighted by atomic mass is 16.1. The van der Waals surface area contributed by atoms with Gasteiger partial charge in [-0.25, -0.2) is 9.97 Å². The number of aromatic nitrogens is 4. The predicted octanol–water partition coefficient (Wildman–Crippen LogP) is 3.67. The number of rotatable bonds is 4. The Kier molecular flexibility index (Phi) is 3.90. The zero-order valence-electron chi connectivity index (χ0n) is 16.0. The molecule has 4 aromatic rings. The third kappa shape index (κ3) is 3.14. The van der Waals surface area contributed by atoms with E-state index in [1.165, 1.54) is 0 Å². The number of aryl methyl sites for hydroxylation is 1. The van der Waals surface area contributed by atoms with E-state index in [0.717, 1.165) is 45.2 Å². The van der Waals surface area contributed by atoms with Gasteiger partial charge in [0.2, 0.25) is 11.9 Å². The third-order valence-corrected chi connectivity index (χ3v) is 5.01. The summed E-state index contributed by atoms with van der Waals surface area (Å²) < 4.78 is 0. The number of aromatic amines is 1. The Hall–Kier alpha value is -3.94. The Balaban J connectivity index is 1.48. The summed E-state index contributed by atoms with van der Waals surface area (Å²) in [7, 11) is 1.96. The summed E-state index contributed by atoms with van der Waals surface area (Å²) in [4.78, 5) is 30.4. The molecule has 0 radical (unpaired) electrons. The summed E-state index contributed by atoms with van der Waals surface area (Å²) in [6.45, 7) is 1.93. The fraction of sp³-hybridized carbons (Fsp3) is 0.143. The molecule has 1 aliphatic heterocycles. The normalized spacial score (nSPS) is 12.7. The van der Waals surface area contributed by atoms with E-state index >= 15 is 0 Å². The molecule has 144 valence electrons. The average molecular weight is 385 g/mol. The van der Waals surface area contributed by atoms with Crippen LogP contribution in [0.25, 0.3) is 11.0 Å². The lowest BCUT2D eigenvalue weighted by Gasteiger charge is -2.20. The van der Waals surface area contributed by atoms with Crippen LogP contribution in [0.3, 0.4) is 0 Å². The summed E-state index contributed by atoms with van der Waals surface area (Å²) in [5, 5.41) is 6.14. The smallest absolute Gasteiger partial charge is 0.229 e. The van der Waals surface area contributed by atoms with E-state index in [0.29, 0.717) is 12.4 Å². The molecule has 5 rings (SSSR count). The van der Waals surface area contributed by atoms with E-state index in [9.17, 15) is 4.79 Å². The lowest BCUT2D eigenvalue weighted by molar-refractivity contribution is -0.115. The van der Waals surface area contributed by atoms with Gasteiger partial charge in [0.25, 0.3) is 0 Å². The molecule has 29 heavy (non-hydrogen) atoms. The van der Waals surface area contributed by atoms with Gasteiger partial charge in [0, 0.05) is 41.4 Å². The number of amides is 1. The Morgan fingerprint density at radius 3 is 2.93 bits per heavy atom. The van der Waals surface area contributed by atoms with Crippen molar-refractivity contribution in [1.82, 2.24) is 19.9 Å². The molecule has 2 aromatic carbocycles. The summed E-state index contributed by atoms with van der Waals surface area (Å²) in [5.74, 6) is 1.24. The second kappa shape index (κ2) is 6.59. The van der Waals surface area contributed by atoms with Crippen LogP contribution < -0.4 is 15.5 Å². The Bertz CT molecular complexity index is 1250. The van der Waals surface area contributed by atoms with Gasteiger partial charge in [-0.3, -0.25) is 4.79 Å². The number of benzene rings is 2. The van der Waals surface area contributed by atoms with E-state index in [4.69, 9.17) is 0 Å². The molecule has 0 atom stereocenters. The van der Waals surface area contributed by atoms with E-state index in [-0.39, 0.29) is 5.91 Å². The first-order valence-corrected chi connectivity index (χ1v) is 9.28. The van der Waals surface area contributed by atoms with Crippen LogP contribution in [-0.2, 0) is 11.2 Å². The fourth-order valence-electron chi connectivity index (χ4n) is 3.53. The van der Waals surface area contributed by atoms with Crippen molar-refractivity contribution in [1.29, 1.82) is 0 Å². The Morgan fingerprint density at radius 2 is 2.03 bits per heavy atom. The number of anilines is 5. The largest absolute Gasteiger partial charge is 0.345 e. The van der Waals surface area contributed by atoms with Gasteiger partial charge in [-0.1, -0.05) is 6.07 Å². The van der Waals surface area contributed by atoms with E-state index < -0.39 is 0 Å². The monoisotopic (exact) mass is 385 g/mol. The quantitative estimate of drug-likeness (QED) is 0.496. The van der Waals surface area contributed by atoms with Crippen molar-refractivity contribution in [3.05, 3.63) is 60.0 Å². The first-order chi connectivity index (χ1) is 14.1. The van der Waals surface area contributed by atoms with Gasteiger partial charge in [0.15, 0.2) is 0 Å². The summed E-state index contributed by atoms with van der Waals surface area (Å²) >= 11 is 0. The van der Waals surface area contributed by atoms with Gasteiger partial charge in [-0.2, -0.15) is 4.98 Å². The molecule has 3 heterocycles. The summed E-state index contributed by atoms with van der Waals surface area (Å²) in [6.07, 6.45) is 2.03. The molecule has 0 fully saturated rings. The molecule has 1 aliphatic rings. The molecule has 0 saturated heterocycles. The van der Waals surface area contributed by atoms with Gasteiger partial charge >= 0.3 is 0 Å². The number of imidazole rings is 1. The number of hydrogen-bond acceptors (Lipinski definition) is 6. The maximum Gasteiger partial charge on any atom is 0.229 e. The molecule has 8 heteroatoms. The fourth-order valence-corrected chi connectivity index (χ4v) is 3.53. The summed E-state index contributed by atoms with van der Waals surface area (Å²) in [6, 6.07) is 13.7. The Morgan fingerprint density at radius 1 is 1.14 bits per heavy atom. The Labute approximate surface area is 167 Å². The van der Waals surface area contributed by atoms with Crippen molar-refractivity contribution in [2.24, 2.45) is 0 Å². The zero-order chi connectivity index (χ0) is 20.0. The van der Waals surface area contributed by atoms with Crippen LogP contribution in [-0.4, -0.2) is 32.9 Å². The maximum absolute atomic E-state index is 11.7. The second-order valence-electron chi connectivity index (χ2n) is 7.04. The lowest BCUT2D eigenvalue weighted by atomic mass is 10.1. The molecule has 8 nitrogen and oxygen atoms in total. The summed E-state index contributed by atoms with van der Waals surface area (Å²) in [5.41, 5.74) is 6.30. The lowest BCUT2D eigenvalue weighted by Crippen LogP contribution is -2.13. The molecule has 0 aliphatic carbocycles. The van der Waals surface area contributed by atoms with Crippen LogP contribution >= 0.6 is 0 Å². The molecule has 0 spiro atoms. The van der Waals surface area contributed by atoms with Crippen molar-refractivity contribution in [3.63, 3.8) is 0 Å². The van der Waals surface area contributed by atoms with Gasteiger partial charge in [0.05, 0.1) is 23.8 Å². The number of carbonyl (C=O) groups is 1. The van der Waals surface area contributed by atoms with Gasteiger partial charge in [-0.05, 0) is 37.3 Å². The minimum Gasteiger partial charge on any atom is -0.345 e. The number of nitrogens with one attached hydrogen (secondary N) is 3. The van der Waals surface area contributed by atoms with Crippen LogP contribution in [0, 0.1) is 6.92 Å². The highest BCUT2D eigenvalue weighted by Gasteiger charge is 2.21. The van der Waals surface area contributed by atoms with Crippen LogP contribution in [0.15, 0.2) is 48.8 Å². The SMILES string of the molecule is Cc1cc(N(C)c2ccc3[nH]cnc3c2)nc(Nc2cccc3c2CC(=O)N3)n1. The highest BCUT2D eigenvalue weighted by Crippen LogP contribution is 2.32.